The lowest BCUT2D eigenvalue weighted by molar-refractivity contribution is -0.120. The summed E-state index contributed by atoms with van der Waals surface area (Å²) in [4.78, 5) is 11.1. The molecule has 0 unspecified atom stereocenters. The highest BCUT2D eigenvalue weighted by Gasteiger charge is 2.01. The van der Waals surface area contributed by atoms with Crippen LogP contribution in [0.2, 0.25) is 0 Å². The lowest BCUT2D eigenvalue weighted by Gasteiger charge is -2.01. The summed E-state index contributed by atoms with van der Waals surface area (Å²) < 4.78 is 12.7. The van der Waals surface area contributed by atoms with Gasteiger partial charge < -0.3 is 5.32 Å². The third kappa shape index (κ3) is 3.23. The number of halogens is 1. The Labute approximate surface area is 76.8 Å². The van der Waals surface area contributed by atoms with E-state index in [4.69, 9.17) is 0 Å². The molecule has 0 aliphatic rings. The van der Waals surface area contributed by atoms with E-state index in [1.165, 1.54) is 12.1 Å². The van der Waals surface area contributed by atoms with Crippen molar-refractivity contribution in [3.05, 3.63) is 35.6 Å². The highest BCUT2D eigenvalue weighted by atomic mass is 19.1. The first-order valence-electron chi connectivity index (χ1n) is 4.23. The van der Waals surface area contributed by atoms with E-state index >= 15 is 0 Å². The first-order chi connectivity index (χ1) is 6.22. The van der Waals surface area contributed by atoms with Gasteiger partial charge in [-0.1, -0.05) is 12.1 Å². The Morgan fingerprint density at radius 2 is 2.31 bits per heavy atom. The van der Waals surface area contributed by atoms with Gasteiger partial charge in [-0.2, -0.15) is 0 Å². The van der Waals surface area contributed by atoms with Crippen molar-refractivity contribution in [1.29, 1.82) is 0 Å². The van der Waals surface area contributed by atoms with Gasteiger partial charge in [0.15, 0.2) is 0 Å². The molecule has 13 heavy (non-hydrogen) atoms. The van der Waals surface area contributed by atoms with Crippen LogP contribution in [-0.4, -0.2) is 12.5 Å². The second-order valence-electron chi connectivity index (χ2n) is 2.76. The van der Waals surface area contributed by atoms with Gasteiger partial charge in [0.25, 0.3) is 0 Å². The Morgan fingerprint density at radius 3 is 2.92 bits per heavy atom. The van der Waals surface area contributed by atoms with Crippen molar-refractivity contribution in [2.24, 2.45) is 0 Å². The summed E-state index contributed by atoms with van der Waals surface area (Å²) in [5, 5.41) is 2.65. The minimum atomic E-state index is -0.304. The molecule has 0 aliphatic carbocycles. The van der Waals surface area contributed by atoms with Crippen molar-refractivity contribution >= 4 is 5.91 Å². The number of hydrogen-bond donors (Lipinski definition) is 1. The van der Waals surface area contributed by atoms with Gasteiger partial charge in [-0.3, -0.25) is 4.79 Å². The van der Waals surface area contributed by atoms with Gasteiger partial charge in [0.05, 0.1) is 6.42 Å². The summed E-state index contributed by atoms with van der Waals surface area (Å²) in [6.45, 7) is 2.46. The topological polar surface area (TPSA) is 29.1 Å². The Hall–Kier alpha value is -1.38. The summed E-state index contributed by atoms with van der Waals surface area (Å²) >= 11 is 0. The van der Waals surface area contributed by atoms with Crippen molar-refractivity contribution in [2.75, 3.05) is 6.54 Å². The first-order valence-corrected chi connectivity index (χ1v) is 4.23. The zero-order valence-corrected chi connectivity index (χ0v) is 7.51. The lowest BCUT2D eigenvalue weighted by Crippen LogP contribution is -2.24. The molecule has 0 radical (unpaired) electrons. The fourth-order valence-corrected chi connectivity index (χ4v) is 1.09. The Kier molecular flexibility index (Phi) is 3.43. The van der Waals surface area contributed by atoms with Gasteiger partial charge in [-0.05, 0) is 24.6 Å². The normalized spacial score (nSPS) is 9.69. The second kappa shape index (κ2) is 4.60. The monoisotopic (exact) mass is 181 g/mol. The van der Waals surface area contributed by atoms with Crippen molar-refractivity contribution in [1.82, 2.24) is 5.32 Å². The number of nitrogens with one attached hydrogen (secondary N) is 1. The van der Waals surface area contributed by atoms with Crippen LogP contribution in [0.1, 0.15) is 12.5 Å². The number of amides is 1. The average Bonchev–Trinajstić information content (AvgIpc) is 2.04. The molecule has 1 amide bonds. The molecule has 1 aromatic rings. The molecule has 3 heteroatoms. The zero-order valence-electron chi connectivity index (χ0n) is 7.51. The van der Waals surface area contributed by atoms with Crippen LogP contribution in [0.15, 0.2) is 24.3 Å². The van der Waals surface area contributed by atoms with Crippen LogP contribution < -0.4 is 5.32 Å². The Morgan fingerprint density at radius 1 is 1.54 bits per heavy atom. The average molecular weight is 181 g/mol. The third-order valence-electron chi connectivity index (χ3n) is 1.63. The van der Waals surface area contributed by atoms with Gasteiger partial charge in [0, 0.05) is 6.54 Å². The molecule has 0 atom stereocenters. The van der Waals surface area contributed by atoms with E-state index < -0.39 is 0 Å². The van der Waals surface area contributed by atoms with Gasteiger partial charge in [0.2, 0.25) is 5.91 Å². The van der Waals surface area contributed by atoms with Crippen molar-refractivity contribution in [2.45, 2.75) is 13.3 Å². The molecule has 1 N–H and O–H groups in total. The molecule has 0 bridgehead atoms. The molecule has 0 saturated carbocycles. The summed E-state index contributed by atoms with van der Waals surface area (Å²) in [6.07, 6.45) is 0.242. The SMILES string of the molecule is CCNC(=O)Cc1cccc(F)c1. The summed E-state index contributed by atoms with van der Waals surface area (Å²) in [6, 6.07) is 6.07. The number of carbonyl (C=O) groups excluding carboxylic acids is 1. The highest BCUT2D eigenvalue weighted by Crippen LogP contribution is 2.03. The van der Waals surface area contributed by atoms with Crippen LogP contribution in [0.5, 0.6) is 0 Å². The minimum absolute atomic E-state index is 0.0758. The molecular formula is C10H12FNO. The number of hydrogen-bond acceptors (Lipinski definition) is 1. The molecular weight excluding hydrogens is 169 g/mol. The summed E-state index contributed by atoms with van der Waals surface area (Å²) in [7, 11) is 0. The molecule has 0 spiro atoms. The van der Waals surface area contributed by atoms with Crippen LogP contribution in [0.3, 0.4) is 0 Å². The maximum Gasteiger partial charge on any atom is 0.224 e. The fourth-order valence-electron chi connectivity index (χ4n) is 1.09. The standard InChI is InChI=1S/C10H12FNO/c1-2-12-10(13)7-8-4-3-5-9(11)6-8/h3-6H,2,7H2,1H3,(H,12,13). The predicted molar refractivity (Wildman–Crippen MR) is 48.8 cm³/mol. The van der Waals surface area contributed by atoms with E-state index in [2.05, 4.69) is 5.32 Å². The van der Waals surface area contributed by atoms with Gasteiger partial charge in [-0.15, -0.1) is 0 Å². The van der Waals surface area contributed by atoms with E-state index in [1.54, 1.807) is 12.1 Å². The first kappa shape index (κ1) is 9.71. The molecule has 0 saturated heterocycles. The van der Waals surface area contributed by atoms with Crippen LogP contribution in [-0.2, 0) is 11.2 Å². The minimum Gasteiger partial charge on any atom is -0.356 e. The molecule has 1 aromatic carbocycles. The molecule has 0 fully saturated rings. The van der Waals surface area contributed by atoms with E-state index in [1.807, 2.05) is 6.92 Å². The molecule has 70 valence electrons. The number of benzene rings is 1. The number of rotatable bonds is 3. The fraction of sp³-hybridized carbons (Fsp3) is 0.300. The molecule has 0 aliphatic heterocycles. The van der Waals surface area contributed by atoms with Crippen molar-refractivity contribution in [3.8, 4) is 0 Å². The van der Waals surface area contributed by atoms with Gasteiger partial charge >= 0.3 is 0 Å². The number of carbonyl (C=O) groups is 1. The van der Waals surface area contributed by atoms with E-state index in [0.29, 0.717) is 12.1 Å². The van der Waals surface area contributed by atoms with Crippen LogP contribution in [0, 0.1) is 5.82 Å². The van der Waals surface area contributed by atoms with Crippen molar-refractivity contribution < 1.29 is 9.18 Å². The Bertz CT molecular complexity index is 299. The Balaban J connectivity index is 2.58. The van der Waals surface area contributed by atoms with Crippen LogP contribution >= 0.6 is 0 Å². The van der Waals surface area contributed by atoms with Crippen LogP contribution in [0.25, 0.3) is 0 Å². The highest BCUT2D eigenvalue weighted by molar-refractivity contribution is 5.78. The van der Waals surface area contributed by atoms with Gasteiger partial charge in [0.1, 0.15) is 5.82 Å². The summed E-state index contributed by atoms with van der Waals surface area (Å²) in [5.41, 5.74) is 0.700. The maximum atomic E-state index is 12.7. The molecule has 0 heterocycles. The smallest absolute Gasteiger partial charge is 0.224 e. The third-order valence-corrected chi connectivity index (χ3v) is 1.63. The predicted octanol–water partition coefficient (Wildman–Crippen LogP) is 1.50. The molecule has 1 rings (SSSR count). The lowest BCUT2D eigenvalue weighted by atomic mass is 10.1. The maximum absolute atomic E-state index is 12.7. The van der Waals surface area contributed by atoms with E-state index in [9.17, 15) is 9.18 Å². The largest absolute Gasteiger partial charge is 0.356 e. The number of likely N-dealkylation sites (N-methyl/N-ethyl adjacent to an activating group) is 1. The zero-order chi connectivity index (χ0) is 9.68. The summed E-state index contributed by atoms with van der Waals surface area (Å²) in [5.74, 6) is -0.380. The van der Waals surface area contributed by atoms with Crippen molar-refractivity contribution in [3.63, 3.8) is 0 Å². The van der Waals surface area contributed by atoms with Gasteiger partial charge in [-0.25, -0.2) is 4.39 Å². The van der Waals surface area contributed by atoms with Crippen LogP contribution in [0.4, 0.5) is 4.39 Å². The second-order valence-corrected chi connectivity index (χ2v) is 2.76. The van der Waals surface area contributed by atoms with E-state index in [0.717, 1.165) is 0 Å². The van der Waals surface area contributed by atoms with E-state index in [-0.39, 0.29) is 18.1 Å². The quantitative estimate of drug-likeness (QED) is 0.752. The molecule has 2 nitrogen and oxygen atoms in total. The molecule has 0 aromatic heterocycles.